The van der Waals surface area contributed by atoms with E-state index in [1.165, 1.54) is 12.7 Å². The zero-order valence-electron chi connectivity index (χ0n) is 13.4. The van der Waals surface area contributed by atoms with Gasteiger partial charge in [-0.05, 0) is 32.3 Å². The monoisotopic (exact) mass is 304 g/mol. The Morgan fingerprint density at radius 3 is 2.59 bits per heavy atom. The highest BCUT2D eigenvalue weighted by atomic mass is 16.5. The summed E-state index contributed by atoms with van der Waals surface area (Å²) in [5, 5.41) is 2.97. The molecule has 1 aromatic carbocycles. The second kappa shape index (κ2) is 7.29. The Hall–Kier alpha value is -2.04. The van der Waals surface area contributed by atoms with Crippen molar-refractivity contribution in [2.45, 2.75) is 38.8 Å². The Bertz CT molecular complexity index is 518. The van der Waals surface area contributed by atoms with Crippen LogP contribution in [-0.2, 0) is 16.0 Å². The van der Waals surface area contributed by atoms with Gasteiger partial charge >= 0.3 is 12.0 Å². The van der Waals surface area contributed by atoms with Crippen molar-refractivity contribution in [3.8, 4) is 0 Å². The van der Waals surface area contributed by atoms with E-state index >= 15 is 0 Å². The van der Waals surface area contributed by atoms with Crippen LogP contribution in [0.1, 0.15) is 25.8 Å². The lowest BCUT2D eigenvalue weighted by atomic mass is 9.86. The average Bonchev–Trinajstić information content (AvgIpc) is 2.53. The van der Waals surface area contributed by atoms with Crippen molar-refractivity contribution in [3.63, 3.8) is 0 Å². The van der Waals surface area contributed by atoms with E-state index in [-0.39, 0.29) is 30.0 Å². The van der Waals surface area contributed by atoms with Crippen molar-refractivity contribution in [1.82, 2.24) is 10.2 Å². The molecule has 2 rings (SSSR count). The maximum atomic E-state index is 12.2. The van der Waals surface area contributed by atoms with Crippen molar-refractivity contribution in [3.05, 3.63) is 35.9 Å². The van der Waals surface area contributed by atoms with E-state index in [1.807, 2.05) is 32.0 Å². The molecule has 0 radical (unpaired) electrons. The van der Waals surface area contributed by atoms with Crippen LogP contribution in [0, 0.1) is 5.92 Å². The number of amides is 2. The van der Waals surface area contributed by atoms with E-state index in [0.29, 0.717) is 6.54 Å². The van der Waals surface area contributed by atoms with Crippen molar-refractivity contribution >= 4 is 12.0 Å². The standard InChI is InChI=1S/C17H24N2O3/c1-4-19-12(2)15(16(20)22-3)14(18-17(19)21)11-10-13-8-6-5-7-9-13/h5-9,12,14-15H,4,10-11H2,1-3H3,(H,18,21)/t12-,14+,15-/m1/s1. The van der Waals surface area contributed by atoms with Gasteiger partial charge in [-0.1, -0.05) is 30.3 Å². The Kier molecular flexibility index (Phi) is 5.41. The molecule has 3 atom stereocenters. The number of methoxy groups -OCH3 is 1. The summed E-state index contributed by atoms with van der Waals surface area (Å²) in [6.45, 7) is 4.40. The Morgan fingerprint density at radius 1 is 1.32 bits per heavy atom. The highest BCUT2D eigenvalue weighted by molar-refractivity contribution is 5.81. The smallest absolute Gasteiger partial charge is 0.317 e. The number of nitrogens with one attached hydrogen (secondary N) is 1. The molecule has 5 nitrogen and oxygen atoms in total. The number of carbonyl (C=O) groups excluding carboxylic acids is 2. The molecule has 1 aliphatic heterocycles. The lowest BCUT2D eigenvalue weighted by Crippen LogP contribution is -2.63. The summed E-state index contributed by atoms with van der Waals surface area (Å²) in [5.41, 5.74) is 1.20. The molecule has 1 aliphatic rings. The number of hydrogen-bond donors (Lipinski definition) is 1. The molecule has 0 aromatic heterocycles. The van der Waals surface area contributed by atoms with Gasteiger partial charge in [-0.3, -0.25) is 4.79 Å². The van der Waals surface area contributed by atoms with Crippen LogP contribution in [0.15, 0.2) is 30.3 Å². The largest absolute Gasteiger partial charge is 0.469 e. The molecule has 0 aliphatic carbocycles. The summed E-state index contributed by atoms with van der Waals surface area (Å²) in [4.78, 5) is 26.0. The number of carbonyl (C=O) groups is 2. The van der Waals surface area contributed by atoms with Crippen LogP contribution in [0.2, 0.25) is 0 Å². The minimum atomic E-state index is -0.341. The lowest BCUT2D eigenvalue weighted by molar-refractivity contribution is -0.149. The molecule has 5 heteroatoms. The first kappa shape index (κ1) is 16.3. The van der Waals surface area contributed by atoms with Gasteiger partial charge in [0.15, 0.2) is 0 Å². The number of nitrogens with zero attached hydrogens (tertiary/aromatic N) is 1. The first-order valence-corrected chi connectivity index (χ1v) is 7.77. The highest BCUT2D eigenvalue weighted by Crippen LogP contribution is 2.25. The predicted octanol–water partition coefficient (Wildman–Crippen LogP) is 2.21. The maximum absolute atomic E-state index is 12.2. The topological polar surface area (TPSA) is 58.6 Å². The molecular weight excluding hydrogens is 280 g/mol. The second-order valence-corrected chi connectivity index (χ2v) is 5.66. The van der Waals surface area contributed by atoms with Crippen LogP contribution >= 0.6 is 0 Å². The molecular formula is C17H24N2O3. The number of urea groups is 1. The maximum Gasteiger partial charge on any atom is 0.317 e. The number of benzene rings is 1. The zero-order chi connectivity index (χ0) is 16.1. The van der Waals surface area contributed by atoms with Gasteiger partial charge in [0.05, 0.1) is 13.0 Å². The van der Waals surface area contributed by atoms with Gasteiger partial charge in [-0.25, -0.2) is 4.79 Å². The molecule has 1 saturated heterocycles. The van der Waals surface area contributed by atoms with E-state index in [0.717, 1.165) is 12.8 Å². The molecule has 0 saturated carbocycles. The number of hydrogen-bond acceptors (Lipinski definition) is 3. The summed E-state index contributed by atoms with van der Waals surface area (Å²) in [7, 11) is 1.40. The minimum Gasteiger partial charge on any atom is -0.469 e. The molecule has 0 unspecified atom stereocenters. The van der Waals surface area contributed by atoms with Gasteiger partial charge in [0, 0.05) is 18.6 Å². The van der Waals surface area contributed by atoms with Crippen LogP contribution < -0.4 is 5.32 Å². The fourth-order valence-electron chi connectivity index (χ4n) is 3.19. The van der Waals surface area contributed by atoms with Gasteiger partial charge in [0.25, 0.3) is 0 Å². The lowest BCUT2D eigenvalue weighted by Gasteiger charge is -2.42. The van der Waals surface area contributed by atoms with E-state index in [4.69, 9.17) is 4.74 Å². The number of rotatable bonds is 5. The van der Waals surface area contributed by atoms with E-state index in [2.05, 4.69) is 17.4 Å². The summed E-state index contributed by atoms with van der Waals surface area (Å²) in [5.74, 6) is -0.602. The molecule has 1 heterocycles. The first-order valence-electron chi connectivity index (χ1n) is 7.77. The van der Waals surface area contributed by atoms with Crippen LogP contribution in [0.5, 0.6) is 0 Å². The quantitative estimate of drug-likeness (QED) is 0.849. The number of esters is 1. The summed E-state index contributed by atoms with van der Waals surface area (Å²) in [6.07, 6.45) is 1.54. The third-order valence-corrected chi connectivity index (χ3v) is 4.42. The van der Waals surface area contributed by atoms with Gasteiger partial charge in [0.1, 0.15) is 0 Å². The fourth-order valence-corrected chi connectivity index (χ4v) is 3.19. The molecule has 1 fully saturated rings. The SMILES string of the molecule is CCN1C(=O)N[C@@H](CCc2ccccc2)[C@H](C(=O)OC)[C@H]1C. The summed E-state index contributed by atoms with van der Waals surface area (Å²) >= 11 is 0. The van der Waals surface area contributed by atoms with E-state index in [1.54, 1.807) is 4.90 Å². The van der Waals surface area contributed by atoms with E-state index in [9.17, 15) is 9.59 Å². The molecule has 0 bridgehead atoms. The predicted molar refractivity (Wildman–Crippen MR) is 84.4 cm³/mol. The fraction of sp³-hybridized carbons (Fsp3) is 0.529. The second-order valence-electron chi connectivity index (χ2n) is 5.66. The summed E-state index contributed by atoms with van der Waals surface area (Å²) < 4.78 is 4.95. The van der Waals surface area contributed by atoms with Crippen molar-refractivity contribution in [1.29, 1.82) is 0 Å². The molecule has 1 N–H and O–H groups in total. The van der Waals surface area contributed by atoms with Crippen molar-refractivity contribution in [2.75, 3.05) is 13.7 Å². The van der Waals surface area contributed by atoms with E-state index < -0.39 is 0 Å². The van der Waals surface area contributed by atoms with Gasteiger partial charge in [-0.15, -0.1) is 0 Å². The first-order chi connectivity index (χ1) is 10.6. The molecule has 1 aromatic rings. The van der Waals surface area contributed by atoms with Crippen LogP contribution in [0.3, 0.4) is 0 Å². The number of ether oxygens (including phenoxy) is 1. The van der Waals surface area contributed by atoms with Crippen LogP contribution in [0.25, 0.3) is 0 Å². The number of aryl methyl sites for hydroxylation is 1. The molecule has 120 valence electrons. The van der Waals surface area contributed by atoms with Crippen LogP contribution in [-0.4, -0.2) is 42.6 Å². The highest BCUT2D eigenvalue weighted by Gasteiger charge is 2.43. The van der Waals surface area contributed by atoms with Crippen molar-refractivity contribution in [2.24, 2.45) is 5.92 Å². The average molecular weight is 304 g/mol. The third kappa shape index (κ3) is 3.40. The summed E-state index contributed by atoms with van der Waals surface area (Å²) in [6, 6.07) is 9.61. The molecule has 22 heavy (non-hydrogen) atoms. The molecule has 0 spiro atoms. The van der Waals surface area contributed by atoms with Gasteiger partial charge in [-0.2, -0.15) is 0 Å². The van der Waals surface area contributed by atoms with Gasteiger partial charge < -0.3 is 15.0 Å². The Balaban J connectivity index is 2.12. The third-order valence-electron chi connectivity index (χ3n) is 4.42. The van der Waals surface area contributed by atoms with Gasteiger partial charge in [0.2, 0.25) is 0 Å². The zero-order valence-corrected chi connectivity index (χ0v) is 13.4. The van der Waals surface area contributed by atoms with Crippen LogP contribution in [0.4, 0.5) is 4.79 Å². The molecule has 2 amide bonds. The normalized spacial score (nSPS) is 24.8. The Labute approximate surface area is 131 Å². The minimum absolute atomic E-state index is 0.104. The Morgan fingerprint density at radius 2 is 2.00 bits per heavy atom. The van der Waals surface area contributed by atoms with Crippen molar-refractivity contribution < 1.29 is 14.3 Å².